The van der Waals surface area contributed by atoms with Gasteiger partial charge in [-0.05, 0) is 216 Å². The van der Waals surface area contributed by atoms with Crippen molar-refractivity contribution in [2.75, 3.05) is 0 Å². The second-order valence-corrected chi connectivity index (χ2v) is 21.8. The Kier molecular flexibility index (Phi) is 9.79. The highest BCUT2D eigenvalue weighted by atomic mass is 14.7. The molecule has 0 saturated heterocycles. The molecular formula is C48H79N. The van der Waals surface area contributed by atoms with Gasteiger partial charge in [-0.1, -0.05) is 77.0 Å². The molecule has 10 fully saturated rings. The number of nitrogens with two attached hydrogens (primary N) is 1. The summed E-state index contributed by atoms with van der Waals surface area (Å²) in [5, 5.41) is 0. The number of fused-ring (bicyclic) bond motifs is 8. The maximum atomic E-state index is 7.05. The maximum absolute atomic E-state index is 7.05. The predicted molar refractivity (Wildman–Crippen MR) is 205 cm³/mol. The molecule has 276 valence electrons. The molecule has 0 aromatic rings. The van der Waals surface area contributed by atoms with E-state index in [1.165, 1.54) is 19.3 Å². The minimum atomic E-state index is 0.506. The standard InChI is InChI=1S/C48H79N/c49-34-25-26-43-46(29-34)47(31-23-21-30(22-24-31)44-27-32-11-1-3-13-35(32)37-15-5-7-17-39(37)44)41-19-9-10-20-42(41)48(43)45-28-33-12-2-4-14-36(33)38-16-6-8-18-40(38)45/h30-48H,1-29,49H2. The molecule has 0 bridgehead atoms. The van der Waals surface area contributed by atoms with E-state index in [-0.39, 0.29) is 0 Å². The summed E-state index contributed by atoms with van der Waals surface area (Å²) in [4.78, 5) is 0. The van der Waals surface area contributed by atoms with Gasteiger partial charge in [-0.2, -0.15) is 0 Å². The molecule has 2 N–H and O–H groups in total. The Morgan fingerprint density at radius 1 is 0.224 bits per heavy atom. The molecule has 0 aliphatic heterocycles. The van der Waals surface area contributed by atoms with Gasteiger partial charge in [0.05, 0.1) is 0 Å². The molecule has 0 aromatic carbocycles. The monoisotopic (exact) mass is 670 g/mol. The van der Waals surface area contributed by atoms with Crippen LogP contribution in [0.3, 0.4) is 0 Å². The molecule has 10 rings (SSSR count). The molecule has 17 unspecified atom stereocenters. The van der Waals surface area contributed by atoms with E-state index in [4.69, 9.17) is 5.73 Å². The molecule has 0 heterocycles. The Morgan fingerprint density at radius 2 is 0.612 bits per heavy atom. The highest BCUT2D eigenvalue weighted by Crippen LogP contribution is 2.66. The van der Waals surface area contributed by atoms with Gasteiger partial charge in [-0.25, -0.2) is 0 Å². The van der Waals surface area contributed by atoms with Gasteiger partial charge in [0.2, 0.25) is 0 Å². The highest BCUT2D eigenvalue weighted by molar-refractivity contribution is 5.08. The van der Waals surface area contributed by atoms with E-state index >= 15 is 0 Å². The minimum Gasteiger partial charge on any atom is -0.328 e. The van der Waals surface area contributed by atoms with Gasteiger partial charge < -0.3 is 5.73 Å². The minimum absolute atomic E-state index is 0.506. The van der Waals surface area contributed by atoms with Crippen LogP contribution in [0.5, 0.6) is 0 Å². The molecule has 0 radical (unpaired) electrons. The Labute approximate surface area is 303 Å². The van der Waals surface area contributed by atoms with E-state index in [1.54, 1.807) is 167 Å². The first-order chi connectivity index (χ1) is 24.2. The average Bonchev–Trinajstić information content (AvgIpc) is 3.16. The zero-order chi connectivity index (χ0) is 32.5. The molecule has 1 nitrogen and oxygen atoms in total. The van der Waals surface area contributed by atoms with Gasteiger partial charge in [0.1, 0.15) is 0 Å². The normalized spacial score (nSPS) is 56.1. The van der Waals surface area contributed by atoms with Crippen LogP contribution >= 0.6 is 0 Å². The van der Waals surface area contributed by atoms with E-state index in [0.29, 0.717) is 6.04 Å². The van der Waals surface area contributed by atoms with Crippen molar-refractivity contribution in [3.8, 4) is 0 Å². The Bertz CT molecular complexity index is 1100. The fraction of sp³-hybridized carbons (Fsp3) is 1.00. The molecule has 0 amide bonds. The second kappa shape index (κ2) is 14.3. The van der Waals surface area contributed by atoms with Crippen molar-refractivity contribution < 1.29 is 0 Å². The predicted octanol–water partition coefficient (Wildman–Crippen LogP) is 12.9. The fourth-order valence-corrected chi connectivity index (χ4v) is 19.0. The molecule has 10 saturated carbocycles. The molecule has 0 spiro atoms. The van der Waals surface area contributed by atoms with Crippen LogP contribution in [0.15, 0.2) is 0 Å². The van der Waals surface area contributed by atoms with Crippen LogP contribution < -0.4 is 5.73 Å². The van der Waals surface area contributed by atoms with Crippen LogP contribution in [0.2, 0.25) is 0 Å². The van der Waals surface area contributed by atoms with Crippen molar-refractivity contribution in [1.29, 1.82) is 0 Å². The van der Waals surface area contributed by atoms with Crippen molar-refractivity contribution >= 4 is 0 Å². The number of hydrogen-bond acceptors (Lipinski definition) is 1. The summed E-state index contributed by atoms with van der Waals surface area (Å²) in [6, 6.07) is 0.506. The van der Waals surface area contributed by atoms with Gasteiger partial charge in [-0.15, -0.1) is 0 Å². The summed E-state index contributed by atoms with van der Waals surface area (Å²) >= 11 is 0. The SMILES string of the molecule is NC1CCC2C(C1)C(C1CCC(C3CC4CCCCC4C4CCCCC34)CC1)C1CCCCC1C2C1CC2CCCCC2C2CCCCC21. The zero-order valence-corrected chi connectivity index (χ0v) is 32.1. The van der Waals surface area contributed by atoms with Gasteiger partial charge in [-0.3, -0.25) is 0 Å². The molecule has 1 heteroatoms. The lowest BCUT2D eigenvalue weighted by Gasteiger charge is -2.63. The van der Waals surface area contributed by atoms with E-state index in [1.807, 2.05) is 0 Å². The first-order valence-electron chi connectivity index (χ1n) is 24.0. The van der Waals surface area contributed by atoms with Crippen molar-refractivity contribution in [2.45, 2.75) is 192 Å². The summed E-state index contributed by atoms with van der Waals surface area (Å²) < 4.78 is 0. The summed E-state index contributed by atoms with van der Waals surface area (Å²) in [6.45, 7) is 0. The first kappa shape index (κ1) is 33.5. The summed E-state index contributed by atoms with van der Waals surface area (Å²) in [6.07, 6.45) is 45.7. The molecule has 17 atom stereocenters. The fourth-order valence-electron chi connectivity index (χ4n) is 19.0. The lowest BCUT2D eigenvalue weighted by atomic mass is 9.42. The number of rotatable bonds is 3. The first-order valence-corrected chi connectivity index (χ1v) is 24.0. The van der Waals surface area contributed by atoms with Gasteiger partial charge in [0.15, 0.2) is 0 Å². The van der Waals surface area contributed by atoms with Gasteiger partial charge in [0, 0.05) is 6.04 Å². The van der Waals surface area contributed by atoms with Crippen molar-refractivity contribution in [1.82, 2.24) is 0 Å². The van der Waals surface area contributed by atoms with E-state index < -0.39 is 0 Å². The Balaban J connectivity index is 0.903. The summed E-state index contributed by atoms with van der Waals surface area (Å²) in [7, 11) is 0. The largest absolute Gasteiger partial charge is 0.328 e. The van der Waals surface area contributed by atoms with E-state index in [2.05, 4.69) is 0 Å². The third kappa shape index (κ3) is 6.00. The average molecular weight is 670 g/mol. The van der Waals surface area contributed by atoms with Crippen LogP contribution in [0, 0.1) is 107 Å². The third-order valence-electron chi connectivity index (χ3n) is 20.3. The lowest BCUT2D eigenvalue weighted by Crippen LogP contribution is -2.58. The van der Waals surface area contributed by atoms with Crippen LogP contribution in [-0.4, -0.2) is 6.04 Å². The third-order valence-corrected chi connectivity index (χ3v) is 20.3. The summed E-state index contributed by atoms with van der Waals surface area (Å²) in [5.41, 5.74) is 7.05. The molecule has 49 heavy (non-hydrogen) atoms. The molecular weight excluding hydrogens is 591 g/mol. The molecule has 10 aliphatic carbocycles. The van der Waals surface area contributed by atoms with Crippen molar-refractivity contribution in [3.63, 3.8) is 0 Å². The molecule has 0 aromatic heterocycles. The quantitative estimate of drug-likeness (QED) is 0.318. The van der Waals surface area contributed by atoms with Gasteiger partial charge in [0.25, 0.3) is 0 Å². The van der Waals surface area contributed by atoms with Crippen LogP contribution in [0.1, 0.15) is 186 Å². The topological polar surface area (TPSA) is 26.0 Å². The van der Waals surface area contributed by atoms with E-state index in [0.717, 1.165) is 107 Å². The van der Waals surface area contributed by atoms with Crippen LogP contribution in [0.25, 0.3) is 0 Å². The van der Waals surface area contributed by atoms with Crippen molar-refractivity contribution in [3.05, 3.63) is 0 Å². The van der Waals surface area contributed by atoms with Crippen molar-refractivity contribution in [2.24, 2.45) is 112 Å². The Hall–Kier alpha value is -0.0400. The zero-order valence-electron chi connectivity index (χ0n) is 32.1. The highest BCUT2D eigenvalue weighted by Gasteiger charge is 2.59. The van der Waals surface area contributed by atoms with E-state index in [9.17, 15) is 0 Å². The smallest absolute Gasteiger partial charge is 0.00417 e. The van der Waals surface area contributed by atoms with Crippen LogP contribution in [0.4, 0.5) is 0 Å². The summed E-state index contributed by atoms with van der Waals surface area (Å²) in [5.74, 6) is 19.6. The van der Waals surface area contributed by atoms with Crippen LogP contribution in [-0.2, 0) is 0 Å². The maximum Gasteiger partial charge on any atom is 0.00417 e. The molecule has 10 aliphatic rings. The number of hydrogen-bond donors (Lipinski definition) is 1. The van der Waals surface area contributed by atoms with Gasteiger partial charge >= 0.3 is 0 Å². The second-order valence-electron chi connectivity index (χ2n) is 21.8. The lowest BCUT2D eigenvalue weighted by molar-refractivity contribution is -0.146. The Morgan fingerprint density at radius 3 is 1.20 bits per heavy atom.